The zero-order valence-corrected chi connectivity index (χ0v) is 19.2. The molecule has 33 heavy (non-hydrogen) atoms. The quantitative estimate of drug-likeness (QED) is 0.542. The third kappa shape index (κ3) is 5.64. The Labute approximate surface area is 194 Å². The molecule has 4 rings (SSSR count). The second kappa shape index (κ2) is 10.4. The lowest BCUT2D eigenvalue weighted by Crippen LogP contribution is -2.48. The van der Waals surface area contributed by atoms with Crippen LogP contribution >= 0.6 is 0 Å². The summed E-state index contributed by atoms with van der Waals surface area (Å²) in [5.41, 5.74) is 8.66. The Bertz CT molecular complexity index is 1070. The van der Waals surface area contributed by atoms with Gasteiger partial charge in [0.2, 0.25) is 5.91 Å². The van der Waals surface area contributed by atoms with Gasteiger partial charge in [-0.2, -0.15) is 0 Å². The number of nitrogens with one attached hydrogen (secondary N) is 2. The standard InChI is InChI=1S/C25H31N5O3/c1-19-17-23(20(2)30(19)18-22-9-6-16-33-22)25(32)27-26-24(31)10-11-28-12-14-29(15-13-28)21-7-4-3-5-8-21/h3-9,16-17H,10-15,18H2,1-2H3,(H,26,31)(H,27,32). The van der Waals surface area contributed by atoms with Gasteiger partial charge in [0.25, 0.3) is 5.91 Å². The van der Waals surface area contributed by atoms with Crippen LogP contribution < -0.4 is 15.8 Å². The molecule has 0 spiro atoms. The van der Waals surface area contributed by atoms with Crippen LogP contribution in [0.4, 0.5) is 5.69 Å². The molecule has 0 unspecified atom stereocenters. The highest BCUT2D eigenvalue weighted by atomic mass is 16.3. The van der Waals surface area contributed by atoms with E-state index in [-0.39, 0.29) is 11.8 Å². The van der Waals surface area contributed by atoms with Gasteiger partial charge in [0.15, 0.2) is 0 Å². The summed E-state index contributed by atoms with van der Waals surface area (Å²) in [6, 6.07) is 16.0. The van der Waals surface area contributed by atoms with Crippen LogP contribution in [0.1, 0.15) is 33.9 Å². The summed E-state index contributed by atoms with van der Waals surface area (Å²) in [6.45, 7) is 8.77. The Balaban J connectivity index is 1.21. The van der Waals surface area contributed by atoms with Crippen LogP contribution in [0.25, 0.3) is 0 Å². The van der Waals surface area contributed by atoms with Crippen molar-refractivity contribution in [2.75, 3.05) is 37.6 Å². The molecule has 0 saturated carbocycles. The Morgan fingerprint density at radius 2 is 1.73 bits per heavy atom. The van der Waals surface area contributed by atoms with E-state index in [0.717, 1.165) is 43.3 Å². The zero-order chi connectivity index (χ0) is 23.2. The normalized spacial score (nSPS) is 14.3. The van der Waals surface area contributed by atoms with Crippen LogP contribution in [-0.4, -0.2) is 54.0 Å². The number of nitrogens with zero attached hydrogens (tertiary/aromatic N) is 3. The van der Waals surface area contributed by atoms with Gasteiger partial charge in [0, 0.05) is 56.2 Å². The maximum absolute atomic E-state index is 12.6. The Morgan fingerprint density at radius 1 is 0.970 bits per heavy atom. The Morgan fingerprint density at radius 3 is 2.42 bits per heavy atom. The lowest BCUT2D eigenvalue weighted by molar-refractivity contribution is -0.122. The van der Waals surface area contributed by atoms with Gasteiger partial charge in [0.1, 0.15) is 5.76 Å². The summed E-state index contributed by atoms with van der Waals surface area (Å²) in [4.78, 5) is 29.6. The van der Waals surface area contributed by atoms with E-state index in [0.29, 0.717) is 25.1 Å². The monoisotopic (exact) mass is 449 g/mol. The molecule has 3 heterocycles. The predicted molar refractivity (Wildman–Crippen MR) is 127 cm³/mol. The molecule has 1 aromatic carbocycles. The molecule has 1 saturated heterocycles. The Kier molecular flexibility index (Phi) is 7.14. The first-order valence-electron chi connectivity index (χ1n) is 11.3. The van der Waals surface area contributed by atoms with Crippen molar-refractivity contribution in [3.63, 3.8) is 0 Å². The zero-order valence-electron chi connectivity index (χ0n) is 19.2. The molecule has 1 aliphatic heterocycles. The fourth-order valence-corrected chi connectivity index (χ4v) is 4.22. The molecule has 2 aromatic heterocycles. The van der Waals surface area contributed by atoms with Crippen molar-refractivity contribution in [2.45, 2.75) is 26.8 Å². The van der Waals surface area contributed by atoms with E-state index in [1.54, 1.807) is 6.26 Å². The number of amides is 2. The molecule has 174 valence electrons. The van der Waals surface area contributed by atoms with E-state index in [9.17, 15) is 9.59 Å². The number of para-hydroxylation sites is 1. The van der Waals surface area contributed by atoms with E-state index in [2.05, 4.69) is 44.9 Å². The SMILES string of the molecule is Cc1cc(C(=O)NNC(=O)CCN2CCN(c3ccccc3)CC2)c(C)n1Cc1ccco1. The number of aromatic nitrogens is 1. The number of piperazine rings is 1. The second-order valence-corrected chi connectivity index (χ2v) is 8.37. The average Bonchev–Trinajstić information content (AvgIpc) is 3.46. The smallest absolute Gasteiger partial charge is 0.271 e. The predicted octanol–water partition coefficient (Wildman–Crippen LogP) is 2.72. The molecule has 8 heteroatoms. The van der Waals surface area contributed by atoms with Crippen LogP contribution in [0.5, 0.6) is 0 Å². The molecule has 3 aromatic rings. The minimum absolute atomic E-state index is 0.196. The highest BCUT2D eigenvalue weighted by molar-refractivity contribution is 5.96. The summed E-state index contributed by atoms with van der Waals surface area (Å²) in [6.07, 6.45) is 1.97. The van der Waals surface area contributed by atoms with Gasteiger partial charge in [-0.05, 0) is 44.2 Å². The second-order valence-electron chi connectivity index (χ2n) is 8.37. The number of carbonyl (C=O) groups excluding carboxylic acids is 2. The van der Waals surface area contributed by atoms with Crippen LogP contribution in [-0.2, 0) is 11.3 Å². The van der Waals surface area contributed by atoms with Crippen molar-refractivity contribution in [1.82, 2.24) is 20.3 Å². The van der Waals surface area contributed by atoms with Gasteiger partial charge >= 0.3 is 0 Å². The third-order valence-electron chi connectivity index (χ3n) is 6.18. The number of benzene rings is 1. The number of anilines is 1. The summed E-state index contributed by atoms with van der Waals surface area (Å²) >= 11 is 0. The molecule has 0 radical (unpaired) electrons. The number of hydrogen-bond donors (Lipinski definition) is 2. The van der Waals surface area contributed by atoms with Crippen molar-refractivity contribution in [2.24, 2.45) is 0 Å². The summed E-state index contributed by atoms with van der Waals surface area (Å²) in [5.74, 6) is 0.304. The minimum atomic E-state index is -0.321. The van der Waals surface area contributed by atoms with E-state index < -0.39 is 0 Å². The van der Waals surface area contributed by atoms with E-state index in [1.165, 1.54) is 5.69 Å². The van der Waals surface area contributed by atoms with E-state index in [4.69, 9.17) is 4.42 Å². The summed E-state index contributed by atoms with van der Waals surface area (Å²) in [7, 11) is 0. The number of rotatable bonds is 7. The maximum Gasteiger partial charge on any atom is 0.271 e. The molecule has 1 aliphatic rings. The van der Waals surface area contributed by atoms with Crippen LogP contribution in [0.15, 0.2) is 59.2 Å². The molecule has 0 atom stereocenters. The number of hydrogen-bond acceptors (Lipinski definition) is 5. The first-order chi connectivity index (χ1) is 16.0. The average molecular weight is 450 g/mol. The fourth-order valence-electron chi connectivity index (χ4n) is 4.22. The lowest BCUT2D eigenvalue weighted by Gasteiger charge is -2.36. The summed E-state index contributed by atoms with van der Waals surface area (Å²) < 4.78 is 7.43. The molecular weight excluding hydrogens is 418 g/mol. The largest absolute Gasteiger partial charge is 0.467 e. The number of furan rings is 1. The molecular formula is C25H31N5O3. The first-order valence-corrected chi connectivity index (χ1v) is 11.3. The van der Waals surface area contributed by atoms with E-state index >= 15 is 0 Å². The number of hydrazine groups is 1. The molecule has 2 N–H and O–H groups in total. The van der Waals surface area contributed by atoms with Gasteiger partial charge < -0.3 is 13.9 Å². The summed E-state index contributed by atoms with van der Waals surface area (Å²) in [5, 5.41) is 0. The minimum Gasteiger partial charge on any atom is -0.467 e. The number of aryl methyl sites for hydroxylation is 1. The molecule has 2 amide bonds. The van der Waals surface area contributed by atoms with Crippen molar-refractivity contribution in [3.8, 4) is 0 Å². The van der Waals surface area contributed by atoms with Crippen LogP contribution in [0.3, 0.4) is 0 Å². The number of carbonyl (C=O) groups is 2. The van der Waals surface area contributed by atoms with Gasteiger partial charge in [0.05, 0.1) is 18.4 Å². The van der Waals surface area contributed by atoms with Crippen molar-refractivity contribution < 1.29 is 14.0 Å². The van der Waals surface area contributed by atoms with Crippen molar-refractivity contribution in [3.05, 3.63) is 77.5 Å². The fraction of sp³-hybridized carbons (Fsp3) is 0.360. The molecule has 1 fully saturated rings. The van der Waals surface area contributed by atoms with Gasteiger partial charge in [-0.15, -0.1) is 0 Å². The topological polar surface area (TPSA) is 82.8 Å². The van der Waals surface area contributed by atoms with E-state index in [1.807, 2.05) is 42.7 Å². The van der Waals surface area contributed by atoms with Crippen molar-refractivity contribution in [1.29, 1.82) is 0 Å². The van der Waals surface area contributed by atoms with Crippen LogP contribution in [0.2, 0.25) is 0 Å². The van der Waals surface area contributed by atoms with Gasteiger partial charge in [-0.25, -0.2) is 0 Å². The highest BCUT2D eigenvalue weighted by Gasteiger charge is 2.19. The van der Waals surface area contributed by atoms with Gasteiger partial charge in [-0.3, -0.25) is 25.3 Å². The van der Waals surface area contributed by atoms with Gasteiger partial charge in [-0.1, -0.05) is 18.2 Å². The molecule has 0 bridgehead atoms. The third-order valence-corrected chi connectivity index (χ3v) is 6.18. The first kappa shape index (κ1) is 22.7. The Hall–Kier alpha value is -3.52. The van der Waals surface area contributed by atoms with Crippen LogP contribution in [0, 0.1) is 13.8 Å². The lowest BCUT2D eigenvalue weighted by atomic mass is 10.2. The molecule has 0 aliphatic carbocycles. The van der Waals surface area contributed by atoms with Crippen molar-refractivity contribution >= 4 is 17.5 Å². The highest BCUT2D eigenvalue weighted by Crippen LogP contribution is 2.18. The maximum atomic E-state index is 12.6. The molecule has 8 nitrogen and oxygen atoms in total.